The van der Waals surface area contributed by atoms with Crippen LogP contribution in [0.25, 0.3) is 0 Å². The normalized spacial score (nSPS) is 22.0. The second kappa shape index (κ2) is 7.88. The number of carboxylic acids is 1. The first-order valence-electron chi connectivity index (χ1n) is 7.96. The highest BCUT2D eigenvalue weighted by Crippen LogP contribution is 2.32. The van der Waals surface area contributed by atoms with Gasteiger partial charge in [0, 0.05) is 25.0 Å². The fourth-order valence-corrected chi connectivity index (χ4v) is 3.78. The van der Waals surface area contributed by atoms with Crippen molar-refractivity contribution < 1.29 is 19.4 Å². The Balaban J connectivity index is 1.90. The molecule has 23 heavy (non-hydrogen) atoms. The minimum atomic E-state index is -0.794. The van der Waals surface area contributed by atoms with Crippen LogP contribution in [-0.4, -0.2) is 40.5 Å². The standard InChI is InChI=1S/C16H24N2O4S/c1-4-22-10(2)14-17-13(9-23-14)8-18(3)15(19)11-5-6-12(7-11)16(20)21/h9-12H,4-8H2,1-3H3,(H,20,21)/t10?,11-,12+/m1/s1. The maximum absolute atomic E-state index is 12.4. The Hall–Kier alpha value is -1.47. The van der Waals surface area contributed by atoms with E-state index in [1.54, 1.807) is 11.9 Å². The summed E-state index contributed by atoms with van der Waals surface area (Å²) < 4.78 is 5.52. The van der Waals surface area contributed by atoms with Crippen LogP contribution in [0.3, 0.4) is 0 Å². The number of aliphatic carboxylic acids is 1. The zero-order valence-corrected chi connectivity index (χ0v) is 14.6. The quantitative estimate of drug-likeness (QED) is 0.825. The van der Waals surface area contributed by atoms with E-state index in [0.29, 0.717) is 32.4 Å². The Kier molecular flexibility index (Phi) is 6.12. The fraction of sp³-hybridized carbons (Fsp3) is 0.688. The van der Waals surface area contributed by atoms with Gasteiger partial charge in [0.25, 0.3) is 0 Å². The van der Waals surface area contributed by atoms with Crippen LogP contribution in [0.5, 0.6) is 0 Å². The number of hydrogen-bond acceptors (Lipinski definition) is 5. The van der Waals surface area contributed by atoms with Gasteiger partial charge in [-0.15, -0.1) is 11.3 Å². The van der Waals surface area contributed by atoms with Crippen molar-refractivity contribution in [3.05, 3.63) is 16.1 Å². The maximum Gasteiger partial charge on any atom is 0.306 e. The molecule has 3 atom stereocenters. The van der Waals surface area contributed by atoms with Crippen LogP contribution >= 0.6 is 11.3 Å². The largest absolute Gasteiger partial charge is 0.481 e. The summed E-state index contributed by atoms with van der Waals surface area (Å²) in [5.41, 5.74) is 0.847. The molecule has 0 aromatic carbocycles. The smallest absolute Gasteiger partial charge is 0.306 e. The average molecular weight is 340 g/mol. The minimum Gasteiger partial charge on any atom is -0.481 e. The van der Waals surface area contributed by atoms with Crippen molar-refractivity contribution in [2.24, 2.45) is 11.8 Å². The molecule has 1 unspecified atom stereocenters. The SMILES string of the molecule is CCOC(C)c1nc(CN(C)C(=O)[C@@H]2CC[C@H](C(=O)O)C2)cs1. The molecule has 1 saturated carbocycles. The van der Waals surface area contributed by atoms with E-state index in [1.807, 2.05) is 19.2 Å². The molecular formula is C16H24N2O4S. The highest BCUT2D eigenvalue weighted by Gasteiger charge is 2.35. The van der Waals surface area contributed by atoms with Crippen LogP contribution in [-0.2, 0) is 20.9 Å². The number of rotatable bonds is 7. The molecule has 6 nitrogen and oxygen atoms in total. The summed E-state index contributed by atoms with van der Waals surface area (Å²) in [5, 5.41) is 11.9. The third-order valence-corrected chi connectivity index (χ3v) is 5.30. The van der Waals surface area contributed by atoms with Gasteiger partial charge in [0.2, 0.25) is 5.91 Å². The topological polar surface area (TPSA) is 79.7 Å². The number of thiazole rings is 1. The van der Waals surface area contributed by atoms with Crippen molar-refractivity contribution in [3.8, 4) is 0 Å². The zero-order valence-electron chi connectivity index (χ0n) is 13.8. The van der Waals surface area contributed by atoms with Crippen LogP contribution in [0.1, 0.15) is 49.9 Å². The molecule has 0 spiro atoms. The molecular weight excluding hydrogens is 316 g/mol. The summed E-state index contributed by atoms with van der Waals surface area (Å²) in [6.07, 6.45) is 1.66. The first-order chi connectivity index (χ1) is 10.9. The van der Waals surface area contributed by atoms with Crippen molar-refractivity contribution >= 4 is 23.2 Å². The molecule has 1 aliphatic carbocycles. The fourth-order valence-electron chi connectivity index (χ4n) is 2.97. The molecule has 128 valence electrons. The number of aromatic nitrogens is 1. The molecule has 0 bridgehead atoms. The van der Waals surface area contributed by atoms with E-state index in [-0.39, 0.29) is 23.8 Å². The summed E-state index contributed by atoms with van der Waals surface area (Å²) in [6.45, 7) is 5.00. The van der Waals surface area contributed by atoms with Gasteiger partial charge in [-0.2, -0.15) is 0 Å². The highest BCUT2D eigenvalue weighted by atomic mass is 32.1. The van der Waals surface area contributed by atoms with Crippen molar-refractivity contribution in [2.45, 2.75) is 45.8 Å². The average Bonchev–Trinajstić information content (AvgIpc) is 3.15. The first-order valence-corrected chi connectivity index (χ1v) is 8.84. The van der Waals surface area contributed by atoms with Gasteiger partial charge in [0.05, 0.1) is 18.2 Å². The third-order valence-electron chi connectivity index (χ3n) is 4.24. The molecule has 1 aliphatic rings. The minimum absolute atomic E-state index is 0.0150. The summed E-state index contributed by atoms with van der Waals surface area (Å²) in [6, 6.07) is 0. The number of carbonyl (C=O) groups is 2. The summed E-state index contributed by atoms with van der Waals surface area (Å²) in [4.78, 5) is 29.6. The molecule has 1 fully saturated rings. The number of amides is 1. The Bertz CT molecular complexity index is 560. The predicted octanol–water partition coefficient (Wildman–Crippen LogP) is 2.70. The van der Waals surface area contributed by atoms with E-state index in [2.05, 4.69) is 4.98 Å². The van der Waals surface area contributed by atoms with Crippen LogP contribution < -0.4 is 0 Å². The number of ether oxygens (including phenoxy) is 1. The lowest BCUT2D eigenvalue weighted by Crippen LogP contribution is -2.31. The summed E-state index contributed by atoms with van der Waals surface area (Å²) >= 11 is 1.54. The van der Waals surface area contributed by atoms with Crippen LogP contribution in [0, 0.1) is 11.8 Å². The monoisotopic (exact) mass is 340 g/mol. The van der Waals surface area contributed by atoms with Crippen molar-refractivity contribution in [1.29, 1.82) is 0 Å². The van der Waals surface area contributed by atoms with Crippen molar-refractivity contribution in [1.82, 2.24) is 9.88 Å². The molecule has 0 saturated heterocycles. The van der Waals surface area contributed by atoms with Gasteiger partial charge in [-0.3, -0.25) is 9.59 Å². The third kappa shape index (κ3) is 4.51. The van der Waals surface area contributed by atoms with E-state index in [1.165, 1.54) is 11.3 Å². The Labute approximate surface area is 140 Å². The second-order valence-corrected chi connectivity index (χ2v) is 6.90. The van der Waals surface area contributed by atoms with E-state index >= 15 is 0 Å². The number of hydrogen-bond donors (Lipinski definition) is 1. The van der Waals surface area contributed by atoms with E-state index in [4.69, 9.17) is 9.84 Å². The highest BCUT2D eigenvalue weighted by molar-refractivity contribution is 7.09. The summed E-state index contributed by atoms with van der Waals surface area (Å²) in [7, 11) is 1.75. The number of nitrogens with zero attached hydrogens (tertiary/aromatic N) is 2. The van der Waals surface area contributed by atoms with E-state index in [9.17, 15) is 9.59 Å². The first kappa shape index (κ1) is 17.9. The molecule has 1 heterocycles. The zero-order chi connectivity index (χ0) is 17.0. The molecule has 0 radical (unpaired) electrons. The molecule has 7 heteroatoms. The second-order valence-electron chi connectivity index (χ2n) is 6.01. The molecule has 2 rings (SSSR count). The van der Waals surface area contributed by atoms with Gasteiger partial charge in [-0.05, 0) is 33.1 Å². The van der Waals surface area contributed by atoms with Gasteiger partial charge >= 0.3 is 5.97 Å². The van der Waals surface area contributed by atoms with Crippen molar-refractivity contribution in [2.75, 3.05) is 13.7 Å². The van der Waals surface area contributed by atoms with Gasteiger partial charge < -0.3 is 14.7 Å². The molecule has 1 amide bonds. The molecule has 1 aromatic heterocycles. The lowest BCUT2D eigenvalue weighted by Gasteiger charge is -2.20. The Morgan fingerprint density at radius 3 is 2.78 bits per heavy atom. The molecule has 0 aliphatic heterocycles. The van der Waals surface area contributed by atoms with E-state index < -0.39 is 5.97 Å². The van der Waals surface area contributed by atoms with Gasteiger partial charge in [0.15, 0.2) is 0 Å². The predicted molar refractivity (Wildman–Crippen MR) is 87.1 cm³/mol. The lowest BCUT2D eigenvalue weighted by atomic mass is 10.0. The Morgan fingerprint density at radius 2 is 2.17 bits per heavy atom. The lowest BCUT2D eigenvalue weighted by molar-refractivity contribution is -0.141. The van der Waals surface area contributed by atoms with E-state index in [0.717, 1.165) is 10.7 Å². The molecule has 1 N–H and O–H groups in total. The van der Waals surface area contributed by atoms with Crippen LogP contribution in [0.2, 0.25) is 0 Å². The van der Waals surface area contributed by atoms with Gasteiger partial charge in [0.1, 0.15) is 11.1 Å². The number of carboxylic acid groups (broad SMARTS) is 1. The van der Waals surface area contributed by atoms with Gasteiger partial charge in [-0.1, -0.05) is 0 Å². The van der Waals surface area contributed by atoms with Crippen molar-refractivity contribution in [3.63, 3.8) is 0 Å². The van der Waals surface area contributed by atoms with Crippen LogP contribution in [0.15, 0.2) is 5.38 Å². The maximum atomic E-state index is 12.4. The summed E-state index contributed by atoms with van der Waals surface area (Å²) in [5.74, 6) is -1.34. The Morgan fingerprint density at radius 1 is 1.48 bits per heavy atom. The number of carbonyl (C=O) groups excluding carboxylic acids is 1. The van der Waals surface area contributed by atoms with Gasteiger partial charge in [-0.25, -0.2) is 4.98 Å². The van der Waals surface area contributed by atoms with Crippen LogP contribution in [0.4, 0.5) is 0 Å². The molecule has 1 aromatic rings.